The Kier molecular flexibility index (Phi) is 3.91. The molecule has 1 aliphatic rings. The minimum Gasteiger partial charge on any atom is -0.398 e. The van der Waals surface area contributed by atoms with Crippen molar-refractivity contribution in [2.45, 2.75) is 19.8 Å². The van der Waals surface area contributed by atoms with Crippen LogP contribution < -0.4 is 5.73 Å². The lowest BCUT2D eigenvalue weighted by molar-refractivity contribution is 0.0683. The summed E-state index contributed by atoms with van der Waals surface area (Å²) in [5, 5.41) is 0. The monoisotopic (exact) mass is 344 g/mol. The molecule has 0 aromatic heterocycles. The van der Waals surface area contributed by atoms with Gasteiger partial charge in [0.15, 0.2) is 0 Å². The molecule has 1 unspecified atom stereocenters. The van der Waals surface area contributed by atoms with Gasteiger partial charge in [-0.05, 0) is 59.5 Å². The van der Waals surface area contributed by atoms with Crippen LogP contribution in [0.3, 0.4) is 0 Å². The van der Waals surface area contributed by atoms with Gasteiger partial charge in [0.2, 0.25) is 0 Å². The number of nitrogens with two attached hydrogens (primary N) is 1. The molecule has 2 rings (SSSR count). The highest BCUT2D eigenvalue weighted by atomic mass is 127. The van der Waals surface area contributed by atoms with Crippen molar-refractivity contribution in [1.29, 1.82) is 0 Å². The second-order valence-corrected chi connectivity index (χ2v) is 5.90. The molecule has 0 bridgehead atoms. The lowest BCUT2D eigenvalue weighted by Gasteiger charge is -2.31. The highest BCUT2D eigenvalue weighted by Gasteiger charge is 2.22. The van der Waals surface area contributed by atoms with Crippen LogP contribution in [0, 0.1) is 9.49 Å². The van der Waals surface area contributed by atoms with Crippen molar-refractivity contribution in [3.63, 3.8) is 0 Å². The zero-order valence-electron chi connectivity index (χ0n) is 9.95. The van der Waals surface area contributed by atoms with Gasteiger partial charge < -0.3 is 10.6 Å². The second-order valence-electron chi connectivity index (χ2n) is 4.73. The number of nitrogen functional groups attached to an aromatic ring is 1. The minimum atomic E-state index is 0.134. The van der Waals surface area contributed by atoms with Crippen LogP contribution in [0.2, 0.25) is 0 Å². The Bertz CT molecular complexity index is 433. The first-order valence-corrected chi connectivity index (χ1v) is 7.00. The second kappa shape index (κ2) is 5.25. The van der Waals surface area contributed by atoms with Gasteiger partial charge >= 0.3 is 0 Å². The molecule has 1 fully saturated rings. The molecule has 17 heavy (non-hydrogen) atoms. The first kappa shape index (κ1) is 12.7. The van der Waals surface area contributed by atoms with Crippen molar-refractivity contribution in [2.75, 3.05) is 18.8 Å². The van der Waals surface area contributed by atoms with Crippen molar-refractivity contribution in [3.8, 4) is 0 Å². The summed E-state index contributed by atoms with van der Waals surface area (Å²) in [4.78, 5) is 14.2. The molecule has 1 aromatic rings. The Morgan fingerprint density at radius 1 is 1.53 bits per heavy atom. The van der Waals surface area contributed by atoms with Gasteiger partial charge in [-0.2, -0.15) is 0 Å². The average molecular weight is 344 g/mol. The van der Waals surface area contributed by atoms with E-state index in [1.165, 1.54) is 6.42 Å². The molecular weight excluding hydrogens is 327 g/mol. The predicted octanol–water partition coefficient (Wildman–Crippen LogP) is 2.75. The molecule has 4 heteroatoms. The lowest BCUT2D eigenvalue weighted by atomic mass is 9.99. The summed E-state index contributed by atoms with van der Waals surface area (Å²) in [6.45, 7) is 3.95. The van der Waals surface area contributed by atoms with E-state index in [-0.39, 0.29) is 5.91 Å². The third-order valence-electron chi connectivity index (χ3n) is 3.19. The number of hydrogen-bond acceptors (Lipinski definition) is 2. The third kappa shape index (κ3) is 2.91. The van der Waals surface area contributed by atoms with Crippen molar-refractivity contribution in [3.05, 3.63) is 27.3 Å². The quantitative estimate of drug-likeness (QED) is 0.629. The van der Waals surface area contributed by atoms with Crippen LogP contribution in [-0.4, -0.2) is 23.9 Å². The van der Waals surface area contributed by atoms with Crippen LogP contribution in [0.1, 0.15) is 30.1 Å². The van der Waals surface area contributed by atoms with E-state index in [0.717, 1.165) is 34.3 Å². The van der Waals surface area contributed by atoms with Gasteiger partial charge in [-0.15, -0.1) is 0 Å². The molecule has 0 aliphatic carbocycles. The zero-order chi connectivity index (χ0) is 12.4. The summed E-state index contributed by atoms with van der Waals surface area (Å²) >= 11 is 2.16. The summed E-state index contributed by atoms with van der Waals surface area (Å²) < 4.78 is 0.943. The molecule has 1 amide bonds. The molecule has 0 saturated carbocycles. The Morgan fingerprint density at radius 2 is 2.29 bits per heavy atom. The summed E-state index contributed by atoms with van der Waals surface area (Å²) in [5.74, 6) is 0.745. The Morgan fingerprint density at radius 3 is 2.94 bits per heavy atom. The van der Waals surface area contributed by atoms with Crippen LogP contribution in [0.4, 0.5) is 5.69 Å². The predicted molar refractivity (Wildman–Crippen MR) is 77.9 cm³/mol. The zero-order valence-corrected chi connectivity index (χ0v) is 12.1. The summed E-state index contributed by atoms with van der Waals surface area (Å²) in [5.41, 5.74) is 7.24. The Hall–Kier alpha value is -0.780. The number of likely N-dealkylation sites (tertiary alicyclic amines) is 1. The van der Waals surface area contributed by atoms with E-state index in [2.05, 4.69) is 29.5 Å². The van der Waals surface area contributed by atoms with Crippen LogP contribution >= 0.6 is 22.6 Å². The van der Waals surface area contributed by atoms with Gasteiger partial charge in [-0.3, -0.25) is 4.79 Å². The van der Waals surface area contributed by atoms with Crippen LogP contribution in [0.15, 0.2) is 18.2 Å². The normalized spacial score (nSPS) is 20.4. The Labute approximate surface area is 116 Å². The standard InChI is InChI=1S/C13H17IN2O/c1-9-3-2-6-16(8-9)13(17)10-4-5-12(15)11(14)7-10/h4-5,7,9H,2-3,6,8,15H2,1H3. The maximum Gasteiger partial charge on any atom is 0.253 e. The van der Waals surface area contributed by atoms with Crippen molar-refractivity contribution in [1.82, 2.24) is 4.90 Å². The first-order chi connectivity index (χ1) is 8.08. The van der Waals surface area contributed by atoms with E-state index in [1.807, 2.05) is 23.1 Å². The van der Waals surface area contributed by atoms with Crippen molar-refractivity contribution >= 4 is 34.2 Å². The van der Waals surface area contributed by atoms with Crippen LogP contribution in [0.5, 0.6) is 0 Å². The number of anilines is 1. The van der Waals surface area contributed by atoms with Gasteiger partial charge in [-0.25, -0.2) is 0 Å². The van der Waals surface area contributed by atoms with Crippen molar-refractivity contribution in [2.24, 2.45) is 5.92 Å². The first-order valence-electron chi connectivity index (χ1n) is 5.92. The fourth-order valence-corrected chi connectivity index (χ4v) is 2.73. The van der Waals surface area contributed by atoms with E-state index >= 15 is 0 Å². The number of nitrogens with zero attached hydrogens (tertiary/aromatic N) is 1. The summed E-state index contributed by atoms with van der Waals surface area (Å²) in [7, 11) is 0. The van der Waals surface area contributed by atoms with Gasteiger partial charge in [-0.1, -0.05) is 6.92 Å². The molecule has 0 radical (unpaired) electrons. The smallest absolute Gasteiger partial charge is 0.253 e. The Balaban J connectivity index is 2.15. The van der Waals surface area contributed by atoms with E-state index in [0.29, 0.717) is 5.92 Å². The molecular formula is C13H17IN2O. The summed E-state index contributed by atoms with van der Waals surface area (Å²) in [6.07, 6.45) is 2.34. The SMILES string of the molecule is CC1CCCN(C(=O)c2ccc(N)c(I)c2)C1. The molecule has 1 aliphatic heterocycles. The van der Waals surface area contributed by atoms with E-state index in [4.69, 9.17) is 5.73 Å². The molecule has 2 N–H and O–H groups in total. The molecule has 1 aromatic carbocycles. The number of carbonyl (C=O) groups is 1. The van der Waals surface area contributed by atoms with E-state index in [1.54, 1.807) is 0 Å². The van der Waals surface area contributed by atoms with Gasteiger partial charge in [0.25, 0.3) is 5.91 Å². The lowest BCUT2D eigenvalue weighted by Crippen LogP contribution is -2.39. The number of hydrogen-bond donors (Lipinski definition) is 1. The maximum absolute atomic E-state index is 12.3. The summed E-state index contributed by atoms with van der Waals surface area (Å²) in [6, 6.07) is 5.50. The van der Waals surface area contributed by atoms with Crippen LogP contribution in [0.25, 0.3) is 0 Å². The van der Waals surface area contributed by atoms with Gasteiger partial charge in [0.1, 0.15) is 0 Å². The number of amides is 1. The number of rotatable bonds is 1. The fraction of sp³-hybridized carbons (Fsp3) is 0.462. The average Bonchev–Trinajstić information content (AvgIpc) is 2.32. The largest absolute Gasteiger partial charge is 0.398 e. The topological polar surface area (TPSA) is 46.3 Å². The number of halogens is 1. The maximum atomic E-state index is 12.3. The highest BCUT2D eigenvalue weighted by Crippen LogP contribution is 2.21. The third-order valence-corrected chi connectivity index (χ3v) is 4.13. The van der Waals surface area contributed by atoms with Crippen LogP contribution in [-0.2, 0) is 0 Å². The minimum absolute atomic E-state index is 0.134. The van der Waals surface area contributed by atoms with E-state index in [9.17, 15) is 4.79 Å². The number of benzene rings is 1. The number of piperidine rings is 1. The fourth-order valence-electron chi connectivity index (χ4n) is 2.22. The number of carbonyl (C=O) groups excluding carboxylic acids is 1. The molecule has 1 saturated heterocycles. The molecule has 1 heterocycles. The molecule has 0 spiro atoms. The van der Waals surface area contributed by atoms with E-state index < -0.39 is 0 Å². The molecule has 92 valence electrons. The molecule has 3 nitrogen and oxygen atoms in total. The van der Waals surface area contributed by atoms with Gasteiger partial charge in [0.05, 0.1) is 0 Å². The van der Waals surface area contributed by atoms with Gasteiger partial charge in [0, 0.05) is 27.9 Å². The molecule has 1 atom stereocenters. The highest BCUT2D eigenvalue weighted by molar-refractivity contribution is 14.1. The van der Waals surface area contributed by atoms with Crippen molar-refractivity contribution < 1.29 is 4.79 Å².